The van der Waals surface area contributed by atoms with Crippen molar-refractivity contribution < 1.29 is 14.3 Å². The van der Waals surface area contributed by atoms with Crippen molar-refractivity contribution in [1.82, 2.24) is 10.2 Å². The summed E-state index contributed by atoms with van der Waals surface area (Å²) in [6.07, 6.45) is 0.407. The Morgan fingerprint density at radius 2 is 1.62 bits per heavy atom. The Labute approximate surface area is 226 Å². The predicted molar refractivity (Wildman–Crippen MR) is 151 cm³/mol. The molecule has 1 atom stereocenters. The van der Waals surface area contributed by atoms with Crippen LogP contribution in [-0.2, 0) is 22.6 Å². The van der Waals surface area contributed by atoms with Gasteiger partial charge >= 0.3 is 0 Å². The maximum Gasteiger partial charge on any atom is 0.261 e. The fourth-order valence-corrected chi connectivity index (χ4v) is 4.97. The number of ether oxygens (including phenoxy) is 1. The van der Waals surface area contributed by atoms with Gasteiger partial charge in [0.25, 0.3) is 5.91 Å². The lowest BCUT2D eigenvalue weighted by Crippen LogP contribution is -2.51. The molecule has 1 unspecified atom stereocenters. The van der Waals surface area contributed by atoms with Gasteiger partial charge in [-0.25, -0.2) is 0 Å². The minimum atomic E-state index is -0.682. The van der Waals surface area contributed by atoms with Crippen molar-refractivity contribution in [2.75, 3.05) is 13.2 Å². The first kappa shape index (κ1) is 26.4. The highest BCUT2D eigenvalue weighted by Crippen LogP contribution is 2.33. The Kier molecular flexibility index (Phi) is 8.96. The van der Waals surface area contributed by atoms with Crippen LogP contribution in [0.1, 0.15) is 23.6 Å². The summed E-state index contributed by atoms with van der Waals surface area (Å²) in [5.41, 5.74) is 3.04. The Morgan fingerprint density at radius 1 is 0.919 bits per heavy atom. The van der Waals surface area contributed by atoms with E-state index in [1.807, 2.05) is 105 Å². The van der Waals surface area contributed by atoms with Gasteiger partial charge in [0.15, 0.2) is 6.61 Å². The molecule has 0 heterocycles. The molecule has 2 amide bonds. The zero-order valence-electron chi connectivity index (χ0n) is 21.1. The van der Waals surface area contributed by atoms with Gasteiger partial charge in [0.05, 0.1) is 4.47 Å². The maximum absolute atomic E-state index is 13.8. The van der Waals surface area contributed by atoms with Gasteiger partial charge in [-0.15, -0.1) is 0 Å². The first-order valence-electron chi connectivity index (χ1n) is 12.4. The lowest BCUT2D eigenvalue weighted by atomic mass is 10.0. The molecule has 37 heavy (non-hydrogen) atoms. The average Bonchev–Trinajstić information content (AvgIpc) is 2.92. The summed E-state index contributed by atoms with van der Waals surface area (Å²) in [4.78, 5) is 28.7. The van der Waals surface area contributed by atoms with Crippen molar-refractivity contribution in [3.05, 3.63) is 112 Å². The normalized spacial score (nSPS) is 11.6. The quantitative estimate of drug-likeness (QED) is 0.257. The van der Waals surface area contributed by atoms with Crippen molar-refractivity contribution in [3.8, 4) is 5.75 Å². The smallest absolute Gasteiger partial charge is 0.261 e. The molecule has 0 saturated heterocycles. The fraction of sp³-hybridized carbons (Fsp3) is 0.226. The second-order valence-electron chi connectivity index (χ2n) is 8.94. The first-order valence-corrected chi connectivity index (χ1v) is 13.2. The van der Waals surface area contributed by atoms with E-state index in [2.05, 4.69) is 21.2 Å². The third-order valence-electron chi connectivity index (χ3n) is 6.40. The van der Waals surface area contributed by atoms with Crippen molar-refractivity contribution in [2.24, 2.45) is 0 Å². The molecule has 4 aromatic rings. The number of likely N-dealkylation sites (N-methyl/N-ethyl adjacent to an activating group) is 1. The van der Waals surface area contributed by atoms with E-state index in [4.69, 9.17) is 4.74 Å². The number of carbonyl (C=O) groups excluding carboxylic acids is 2. The van der Waals surface area contributed by atoms with Crippen molar-refractivity contribution >= 4 is 38.5 Å². The summed E-state index contributed by atoms with van der Waals surface area (Å²) in [7, 11) is 0. The van der Waals surface area contributed by atoms with Gasteiger partial charge in [-0.05, 0) is 63.3 Å². The van der Waals surface area contributed by atoms with Crippen LogP contribution < -0.4 is 10.1 Å². The molecule has 0 aliphatic rings. The van der Waals surface area contributed by atoms with Crippen LogP contribution >= 0.6 is 15.9 Å². The molecular formula is C31H31BrN2O3. The number of fused-ring (bicyclic) bond motifs is 1. The van der Waals surface area contributed by atoms with Crippen LogP contribution in [-0.4, -0.2) is 35.9 Å². The van der Waals surface area contributed by atoms with E-state index < -0.39 is 6.04 Å². The number of amides is 2. The van der Waals surface area contributed by atoms with Crippen LogP contribution in [0.5, 0.6) is 5.75 Å². The molecule has 1 N–H and O–H groups in total. The zero-order chi connectivity index (χ0) is 26.2. The Bertz CT molecular complexity index is 1370. The van der Waals surface area contributed by atoms with E-state index in [9.17, 15) is 9.59 Å². The van der Waals surface area contributed by atoms with Gasteiger partial charge in [0.1, 0.15) is 11.8 Å². The van der Waals surface area contributed by atoms with E-state index in [-0.39, 0.29) is 18.4 Å². The number of carbonyl (C=O) groups is 2. The number of rotatable bonds is 10. The SMILES string of the molecule is CCNC(=O)C(Cc1ccccc1)N(Cc1ccccc1C)C(=O)COc1ccc2ccccc2c1Br. The zero-order valence-corrected chi connectivity index (χ0v) is 22.7. The molecule has 0 saturated carbocycles. The topological polar surface area (TPSA) is 58.6 Å². The number of benzene rings is 4. The van der Waals surface area contributed by atoms with E-state index >= 15 is 0 Å². The van der Waals surface area contributed by atoms with Gasteiger partial charge in [0, 0.05) is 19.5 Å². The van der Waals surface area contributed by atoms with Gasteiger partial charge < -0.3 is 15.0 Å². The van der Waals surface area contributed by atoms with Crippen LogP contribution in [0.3, 0.4) is 0 Å². The highest BCUT2D eigenvalue weighted by atomic mass is 79.9. The van der Waals surface area contributed by atoms with Gasteiger partial charge in [-0.2, -0.15) is 0 Å². The first-order chi connectivity index (χ1) is 18.0. The van der Waals surface area contributed by atoms with Crippen LogP contribution in [0.25, 0.3) is 10.8 Å². The van der Waals surface area contributed by atoms with E-state index in [1.165, 1.54) is 0 Å². The van der Waals surface area contributed by atoms with Gasteiger partial charge in [0.2, 0.25) is 5.91 Å². The van der Waals surface area contributed by atoms with E-state index in [1.54, 1.807) is 4.90 Å². The molecule has 0 fully saturated rings. The summed E-state index contributed by atoms with van der Waals surface area (Å²) in [6.45, 7) is 4.50. The minimum absolute atomic E-state index is 0.180. The maximum atomic E-state index is 13.8. The summed E-state index contributed by atoms with van der Waals surface area (Å²) in [5, 5.41) is 5.01. The number of nitrogens with one attached hydrogen (secondary N) is 1. The Morgan fingerprint density at radius 3 is 2.38 bits per heavy atom. The van der Waals surface area contributed by atoms with E-state index in [0.29, 0.717) is 25.3 Å². The van der Waals surface area contributed by atoms with Crippen LogP contribution in [0.2, 0.25) is 0 Å². The standard InChI is InChI=1S/C31H31BrN2O3/c1-3-33-31(36)27(19-23-12-5-4-6-13-23)34(20-25-15-8-7-11-22(25)2)29(35)21-37-28-18-17-24-14-9-10-16-26(24)30(28)32/h4-18,27H,3,19-21H2,1-2H3,(H,33,36). The number of halogens is 1. The Balaban J connectivity index is 1.63. The van der Waals surface area contributed by atoms with Gasteiger partial charge in [-0.3, -0.25) is 9.59 Å². The molecule has 5 nitrogen and oxygen atoms in total. The molecule has 0 bridgehead atoms. The third-order valence-corrected chi connectivity index (χ3v) is 7.22. The molecule has 6 heteroatoms. The summed E-state index contributed by atoms with van der Waals surface area (Å²) < 4.78 is 6.83. The molecule has 0 radical (unpaired) electrons. The molecule has 0 spiro atoms. The Hall–Kier alpha value is -3.64. The van der Waals surface area contributed by atoms with Gasteiger partial charge in [-0.1, -0.05) is 84.9 Å². The minimum Gasteiger partial charge on any atom is -0.483 e. The van der Waals surface area contributed by atoms with Crippen molar-refractivity contribution in [3.63, 3.8) is 0 Å². The second kappa shape index (κ2) is 12.5. The highest BCUT2D eigenvalue weighted by molar-refractivity contribution is 9.10. The summed E-state index contributed by atoms with van der Waals surface area (Å²) >= 11 is 3.64. The second-order valence-corrected chi connectivity index (χ2v) is 9.73. The molecule has 0 aliphatic carbocycles. The fourth-order valence-electron chi connectivity index (χ4n) is 4.36. The van der Waals surface area contributed by atoms with Crippen LogP contribution in [0, 0.1) is 6.92 Å². The lowest BCUT2D eigenvalue weighted by Gasteiger charge is -2.32. The van der Waals surface area contributed by atoms with E-state index in [0.717, 1.165) is 31.9 Å². The van der Waals surface area contributed by atoms with Crippen molar-refractivity contribution in [2.45, 2.75) is 32.9 Å². The largest absolute Gasteiger partial charge is 0.483 e. The van der Waals surface area contributed by atoms with Crippen LogP contribution in [0.15, 0.2) is 95.5 Å². The molecule has 0 aliphatic heterocycles. The molecule has 4 rings (SSSR count). The monoisotopic (exact) mass is 558 g/mol. The number of hydrogen-bond donors (Lipinski definition) is 1. The molecular weight excluding hydrogens is 528 g/mol. The van der Waals surface area contributed by atoms with Crippen molar-refractivity contribution in [1.29, 1.82) is 0 Å². The lowest BCUT2D eigenvalue weighted by molar-refractivity contribution is -0.142. The molecule has 4 aromatic carbocycles. The molecule has 0 aromatic heterocycles. The molecule has 190 valence electrons. The predicted octanol–water partition coefficient (Wildman–Crippen LogP) is 6.07. The van der Waals surface area contributed by atoms with Crippen LogP contribution in [0.4, 0.5) is 0 Å². The highest BCUT2D eigenvalue weighted by Gasteiger charge is 2.30. The summed E-state index contributed by atoms with van der Waals surface area (Å²) in [5.74, 6) is 0.149. The average molecular weight is 560 g/mol. The number of aryl methyl sites for hydroxylation is 1. The number of hydrogen-bond acceptors (Lipinski definition) is 3. The number of nitrogens with zero attached hydrogens (tertiary/aromatic N) is 1. The summed E-state index contributed by atoms with van der Waals surface area (Å²) in [6, 6.07) is 28.8. The third kappa shape index (κ3) is 6.57.